The Kier molecular flexibility index (Phi) is 5.62. The van der Waals surface area contributed by atoms with Gasteiger partial charge >= 0.3 is 6.03 Å². The van der Waals surface area contributed by atoms with Gasteiger partial charge in [0.2, 0.25) is 18.6 Å². The van der Waals surface area contributed by atoms with Gasteiger partial charge < -0.3 is 25.4 Å². The molecule has 10 heteroatoms. The molecule has 0 spiro atoms. The summed E-state index contributed by atoms with van der Waals surface area (Å²) in [7, 11) is 0. The fraction of sp³-hybridized carbons (Fsp3) is 0.474. The van der Waals surface area contributed by atoms with Crippen LogP contribution >= 0.6 is 0 Å². The highest BCUT2D eigenvalue weighted by atomic mass is 16.7. The number of imide groups is 1. The molecule has 1 aromatic rings. The zero-order valence-corrected chi connectivity index (χ0v) is 16.5. The van der Waals surface area contributed by atoms with Crippen LogP contribution in [0.1, 0.15) is 26.3 Å². The van der Waals surface area contributed by atoms with Gasteiger partial charge in [0, 0.05) is 12.5 Å². The number of ether oxygens (including phenoxy) is 2. The Balaban J connectivity index is 1.59. The van der Waals surface area contributed by atoms with Crippen molar-refractivity contribution in [1.82, 2.24) is 20.9 Å². The number of nitrogens with zero attached hydrogens (tertiary/aromatic N) is 1. The number of nitrogens with one attached hydrogen (secondary N) is 3. The van der Waals surface area contributed by atoms with E-state index in [-0.39, 0.29) is 31.7 Å². The highest BCUT2D eigenvalue weighted by Crippen LogP contribution is 2.34. The number of carbonyl (C=O) groups is 4. The number of urea groups is 1. The molecule has 1 saturated heterocycles. The van der Waals surface area contributed by atoms with Crippen molar-refractivity contribution in [3.63, 3.8) is 0 Å². The topological polar surface area (TPSA) is 126 Å². The monoisotopic (exact) mass is 404 g/mol. The van der Waals surface area contributed by atoms with E-state index < -0.39 is 29.9 Å². The maximum absolute atomic E-state index is 12.8. The molecular weight excluding hydrogens is 380 g/mol. The molecule has 29 heavy (non-hydrogen) atoms. The number of hydrogen-bond acceptors (Lipinski definition) is 6. The smallest absolute Gasteiger partial charge is 0.325 e. The van der Waals surface area contributed by atoms with Gasteiger partial charge in [-0.3, -0.25) is 19.3 Å². The molecule has 2 heterocycles. The fourth-order valence-electron chi connectivity index (χ4n) is 3.22. The third-order valence-electron chi connectivity index (χ3n) is 4.54. The third-order valence-corrected chi connectivity index (χ3v) is 4.54. The van der Waals surface area contributed by atoms with Gasteiger partial charge in [-0.05, 0) is 38.5 Å². The summed E-state index contributed by atoms with van der Waals surface area (Å²) in [6, 6.07) is 4.59. The van der Waals surface area contributed by atoms with Crippen LogP contribution in [0, 0.1) is 0 Å². The van der Waals surface area contributed by atoms with Crippen LogP contribution in [0.4, 0.5) is 4.79 Å². The lowest BCUT2D eigenvalue weighted by atomic mass is 9.92. The second kappa shape index (κ2) is 7.98. The van der Waals surface area contributed by atoms with Gasteiger partial charge in [-0.1, -0.05) is 6.07 Å². The van der Waals surface area contributed by atoms with Gasteiger partial charge in [0.1, 0.15) is 12.1 Å². The average Bonchev–Trinajstić information content (AvgIpc) is 3.17. The Morgan fingerprint density at radius 1 is 1.21 bits per heavy atom. The molecule has 0 radical (unpaired) electrons. The quantitative estimate of drug-likeness (QED) is 0.545. The van der Waals surface area contributed by atoms with Crippen molar-refractivity contribution in [3.05, 3.63) is 23.8 Å². The molecular formula is C19H24N4O6. The normalized spacial score (nSPS) is 20.1. The van der Waals surface area contributed by atoms with E-state index in [0.29, 0.717) is 11.5 Å². The van der Waals surface area contributed by atoms with E-state index in [4.69, 9.17) is 9.47 Å². The van der Waals surface area contributed by atoms with Gasteiger partial charge in [-0.25, -0.2) is 4.79 Å². The van der Waals surface area contributed by atoms with E-state index >= 15 is 0 Å². The number of fused-ring (bicyclic) bond motifs is 1. The van der Waals surface area contributed by atoms with Crippen LogP contribution in [-0.2, 0) is 20.8 Å². The first-order valence-corrected chi connectivity index (χ1v) is 9.26. The lowest BCUT2D eigenvalue weighted by Gasteiger charge is -2.22. The summed E-state index contributed by atoms with van der Waals surface area (Å²) in [4.78, 5) is 49.6. The van der Waals surface area contributed by atoms with Gasteiger partial charge in [0.05, 0.1) is 6.54 Å². The molecule has 1 aromatic carbocycles. The molecule has 1 fully saturated rings. The van der Waals surface area contributed by atoms with Gasteiger partial charge in [-0.15, -0.1) is 0 Å². The van der Waals surface area contributed by atoms with Crippen LogP contribution in [-0.4, -0.2) is 60.1 Å². The van der Waals surface area contributed by atoms with Crippen LogP contribution in [0.25, 0.3) is 0 Å². The number of rotatable bonds is 7. The average molecular weight is 404 g/mol. The molecule has 0 saturated carbocycles. The SMILES string of the molecule is CC(C)NC(=O)CNC(=O)CN1C(=O)N[C@@](C)(Cc2ccc3c(c2)OCO3)C1=O. The maximum atomic E-state index is 12.8. The van der Waals surface area contributed by atoms with Crippen LogP contribution in [0.15, 0.2) is 18.2 Å². The molecule has 1 atom stereocenters. The second-order valence-electron chi connectivity index (χ2n) is 7.52. The van der Waals surface area contributed by atoms with Crippen molar-refractivity contribution in [2.24, 2.45) is 0 Å². The van der Waals surface area contributed by atoms with E-state index in [1.165, 1.54) is 0 Å². The minimum absolute atomic E-state index is 0.0535. The van der Waals surface area contributed by atoms with E-state index in [2.05, 4.69) is 16.0 Å². The van der Waals surface area contributed by atoms with Crippen LogP contribution in [0.2, 0.25) is 0 Å². The first kappa shape index (κ1) is 20.4. The Hall–Kier alpha value is -3.30. The molecule has 3 rings (SSSR count). The zero-order valence-electron chi connectivity index (χ0n) is 16.5. The summed E-state index contributed by atoms with van der Waals surface area (Å²) in [6.45, 7) is 4.66. The minimum Gasteiger partial charge on any atom is -0.454 e. The van der Waals surface area contributed by atoms with Gasteiger partial charge in [0.25, 0.3) is 5.91 Å². The van der Waals surface area contributed by atoms with Crippen molar-refractivity contribution in [2.75, 3.05) is 19.9 Å². The molecule has 0 bridgehead atoms. The highest BCUT2D eigenvalue weighted by Gasteiger charge is 2.48. The van der Waals surface area contributed by atoms with Crippen molar-refractivity contribution < 1.29 is 28.7 Å². The number of amides is 5. The number of hydrogen-bond donors (Lipinski definition) is 3. The predicted octanol–water partition coefficient (Wildman–Crippen LogP) is -0.0909. The van der Waals surface area contributed by atoms with Gasteiger partial charge in [0.15, 0.2) is 11.5 Å². The standard InChI is InChI=1S/C19H24N4O6/c1-11(2)21-15(24)8-20-16(25)9-23-17(26)19(3,22-18(23)27)7-12-4-5-13-14(6-12)29-10-28-13/h4-6,11H,7-10H2,1-3H3,(H,20,25)(H,21,24)(H,22,27)/t19-/m0/s1. The van der Waals surface area contributed by atoms with Crippen molar-refractivity contribution in [3.8, 4) is 11.5 Å². The molecule has 2 aliphatic rings. The van der Waals surface area contributed by atoms with E-state index in [1.807, 2.05) is 0 Å². The van der Waals surface area contributed by atoms with Crippen LogP contribution in [0.3, 0.4) is 0 Å². The summed E-state index contributed by atoms with van der Waals surface area (Å²) < 4.78 is 10.6. The largest absolute Gasteiger partial charge is 0.454 e. The third kappa shape index (κ3) is 4.58. The maximum Gasteiger partial charge on any atom is 0.325 e. The Morgan fingerprint density at radius 3 is 2.66 bits per heavy atom. The fourth-order valence-corrected chi connectivity index (χ4v) is 3.22. The van der Waals surface area contributed by atoms with Crippen LogP contribution < -0.4 is 25.4 Å². The molecule has 0 unspecified atom stereocenters. The molecule has 3 N–H and O–H groups in total. The number of carbonyl (C=O) groups excluding carboxylic acids is 4. The van der Waals surface area contributed by atoms with Crippen molar-refractivity contribution >= 4 is 23.8 Å². The molecule has 2 aliphatic heterocycles. The molecule has 0 aliphatic carbocycles. The summed E-state index contributed by atoms with van der Waals surface area (Å²) in [5.74, 6) is -0.251. The summed E-state index contributed by atoms with van der Waals surface area (Å²) in [6.07, 6.45) is 0.225. The van der Waals surface area contributed by atoms with Crippen LogP contribution in [0.5, 0.6) is 11.5 Å². The lowest BCUT2D eigenvalue weighted by Crippen LogP contribution is -2.47. The minimum atomic E-state index is -1.19. The highest BCUT2D eigenvalue weighted by molar-refractivity contribution is 6.09. The first-order valence-electron chi connectivity index (χ1n) is 9.26. The van der Waals surface area contributed by atoms with E-state index in [0.717, 1.165) is 10.5 Å². The van der Waals surface area contributed by atoms with Crippen molar-refractivity contribution in [1.29, 1.82) is 0 Å². The summed E-state index contributed by atoms with van der Waals surface area (Å²) in [5.41, 5.74) is -0.415. The van der Waals surface area contributed by atoms with E-state index in [1.54, 1.807) is 39.0 Å². The Bertz CT molecular complexity index is 855. The lowest BCUT2D eigenvalue weighted by molar-refractivity contribution is -0.134. The molecule has 156 valence electrons. The summed E-state index contributed by atoms with van der Waals surface area (Å²) in [5, 5.41) is 7.69. The predicted molar refractivity (Wildman–Crippen MR) is 101 cm³/mol. The second-order valence-corrected chi connectivity index (χ2v) is 7.52. The number of benzene rings is 1. The Labute approximate surface area is 167 Å². The zero-order chi connectivity index (χ0) is 21.2. The van der Waals surface area contributed by atoms with Gasteiger partial charge in [-0.2, -0.15) is 0 Å². The first-order chi connectivity index (χ1) is 13.7. The molecule has 5 amide bonds. The Morgan fingerprint density at radius 2 is 1.93 bits per heavy atom. The molecule has 10 nitrogen and oxygen atoms in total. The van der Waals surface area contributed by atoms with E-state index in [9.17, 15) is 19.2 Å². The summed E-state index contributed by atoms with van der Waals surface area (Å²) >= 11 is 0. The van der Waals surface area contributed by atoms with Crippen molar-refractivity contribution in [2.45, 2.75) is 38.8 Å². The molecule has 0 aromatic heterocycles.